The largest absolute Gasteiger partial charge is 0.478 e. The van der Waals surface area contributed by atoms with Crippen molar-refractivity contribution in [3.63, 3.8) is 0 Å². The number of carbonyl (C=O) groups is 1. The van der Waals surface area contributed by atoms with E-state index in [0.717, 1.165) is 11.1 Å². The molecule has 0 spiro atoms. The molecule has 0 aliphatic rings. The van der Waals surface area contributed by atoms with Crippen molar-refractivity contribution < 1.29 is 14.3 Å². The van der Waals surface area contributed by atoms with E-state index in [-0.39, 0.29) is 11.4 Å². The molecule has 0 bridgehead atoms. The van der Waals surface area contributed by atoms with Gasteiger partial charge in [-0.2, -0.15) is 0 Å². The van der Waals surface area contributed by atoms with Gasteiger partial charge in [0.2, 0.25) is 0 Å². The Morgan fingerprint density at radius 3 is 2.75 bits per heavy atom. The molecule has 2 aromatic carbocycles. The Morgan fingerprint density at radius 1 is 1.10 bits per heavy atom. The second-order valence-corrected chi connectivity index (χ2v) is 4.40. The molecule has 1 N–H and O–H groups in total. The molecule has 0 aliphatic heterocycles. The Kier molecular flexibility index (Phi) is 2.91. The van der Waals surface area contributed by atoms with Crippen LogP contribution < -0.4 is 0 Å². The molecule has 1 heterocycles. The van der Waals surface area contributed by atoms with Crippen LogP contribution in [-0.4, -0.2) is 16.1 Å². The minimum Gasteiger partial charge on any atom is -0.478 e. The fourth-order valence-corrected chi connectivity index (χ4v) is 2.22. The van der Waals surface area contributed by atoms with Crippen LogP contribution in [0.15, 0.2) is 54.9 Å². The Bertz CT molecular complexity index is 814. The minimum absolute atomic E-state index is 0.198. The SMILES string of the molecule is O=C(O)c1cccc(-c2ccc(F)c3ccncc23)c1. The summed E-state index contributed by atoms with van der Waals surface area (Å²) in [7, 11) is 0. The van der Waals surface area contributed by atoms with Crippen LogP contribution in [0.3, 0.4) is 0 Å². The molecule has 4 heteroatoms. The summed E-state index contributed by atoms with van der Waals surface area (Å²) in [6.45, 7) is 0. The molecule has 3 rings (SSSR count). The molecule has 20 heavy (non-hydrogen) atoms. The quantitative estimate of drug-likeness (QED) is 0.769. The normalized spacial score (nSPS) is 10.7. The van der Waals surface area contributed by atoms with Gasteiger partial charge in [0.15, 0.2) is 0 Å². The van der Waals surface area contributed by atoms with E-state index >= 15 is 0 Å². The maximum absolute atomic E-state index is 13.8. The van der Waals surface area contributed by atoms with Crippen molar-refractivity contribution in [3.05, 3.63) is 66.2 Å². The van der Waals surface area contributed by atoms with Gasteiger partial charge in [0.05, 0.1) is 5.56 Å². The van der Waals surface area contributed by atoms with Gasteiger partial charge in [-0.15, -0.1) is 0 Å². The fraction of sp³-hybridized carbons (Fsp3) is 0. The Morgan fingerprint density at radius 2 is 1.95 bits per heavy atom. The van der Waals surface area contributed by atoms with E-state index in [0.29, 0.717) is 10.8 Å². The van der Waals surface area contributed by atoms with E-state index in [1.54, 1.807) is 36.5 Å². The molecule has 1 aromatic heterocycles. The van der Waals surface area contributed by atoms with Crippen molar-refractivity contribution in [2.45, 2.75) is 0 Å². The molecular formula is C16H10FNO2. The van der Waals surface area contributed by atoms with E-state index in [4.69, 9.17) is 5.11 Å². The number of aromatic nitrogens is 1. The molecule has 0 aliphatic carbocycles. The summed E-state index contributed by atoms with van der Waals surface area (Å²) >= 11 is 0. The minimum atomic E-state index is -0.989. The van der Waals surface area contributed by atoms with Gasteiger partial charge in [0.1, 0.15) is 5.82 Å². The first kappa shape index (κ1) is 12.3. The number of rotatable bonds is 2. The lowest BCUT2D eigenvalue weighted by molar-refractivity contribution is 0.0697. The van der Waals surface area contributed by atoms with Crippen LogP contribution in [0, 0.1) is 5.82 Å². The highest BCUT2D eigenvalue weighted by Crippen LogP contribution is 2.30. The number of carboxylic acid groups (broad SMARTS) is 1. The maximum Gasteiger partial charge on any atom is 0.335 e. The number of fused-ring (bicyclic) bond motifs is 1. The zero-order valence-corrected chi connectivity index (χ0v) is 10.4. The summed E-state index contributed by atoms with van der Waals surface area (Å²) in [5.74, 6) is -1.31. The lowest BCUT2D eigenvalue weighted by Gasteiger charge is -2.08. The van der Waals surface area contributed by atoms with Gasteiger partial charge in [-0.1, -0.05) is 18.2 Å². The van der Waals surface area contributed by atoms with Gasteiger partial charge < -0.3 is 5.11 Å². The smallest absolute Gasteiger partial charge is 0.335 e. The van der Waals surface area contributed by atoms with Gasteiger partial charge in [-0.25, -0.2) is 9.18 Å². The molecule has 0 fully saturated rings. The van der Waals surface area contributed by atoms with Crippen LogP contribution in [0.1, 0.15) is 10.4 Å². The molecular weight excluding hydrogens is 257 g/mol. The summed E-state index contributed by atoms with van der Waals surface area (Å²) < 4.78 is 13.8. The van der Waals surface area contributed by atoms with Crippen LogP contribution in [0.25, 0.3) is 21.9 Å². The molecule has 0 amide bonds. The van der Waals surface area contributed by atoms with Crippen LogP contribution in [0.5, 0.6) is 0 Å². The number of aromatic carboxylic acids is 1. The third-order valence-electron chi connectivity index (χ3n) is 3.19. The lowest BCUT2D eigenvalue weighted by Crippen LogP contribution is -1.96. The Hall–Kier alpha value is -2.75. The predicted molar refractivity (Wildman–Crippen MR) is 74.1 cm³/mol. The highest BCUT2D eigenvalue weighted by atomic mass is 19.1. The third kappa shape index (κ3) is 2.01. The van der Waals surface area contributed by atoms with E-state index in [1.165, 1.54) is 18.3 Å². The summed E-state index contributed by atoms with van der Waals surface area (Å²) in [6, 6.07) is 11.2. The van der Waals surface area contributed by atoms with Crippen molar-refractivity contribution in [2.24, 2.45) is 0 Å². The average Bonchev–Trinajstić information content (AvgIpc) is 2.48. The fourth-order valence-electron chi connectivity index (χ4n) is 2.22. The van der Waals surface area contributed by atoms with Gasteiger partial charge >= 0.3 is 5.97 Å². The van der Waals surface area contributed by atoms with E-state index < -0.39 is 5.97 Å². The number of carboxylic acids is 1. The van der Waals surface area contributed by atoms with E-state index in [9.17, 15) is 9.18 Å². The first-order valence-corrected chi connectivity index (χ1v) is 6.03. The summed E-state index contributed by atoms with van der Waals surface area (Å²) in [6.07, 6.45) is 3.12. The van der Waals surface area contributed by atoms with Crippen LogP contribution in [0.4, 0.5) is 4.39 Å². The Labute approximate surface area is 114 Å². The summed E-state index contributed by atoms with van der Waals surface area (Å²) in [5.41, 5.74) is 1.68. The number of halogens is 1. The van der Waals surface area contributed by atoms with E-state index in [2.05, 4.69) is 4.98 Å². The maximum atomic E-state index is 13.8. The Balaban J connectivity index is 2.27. The molecule has 0 radical (unpaired) electrons. The van der Waals surface area contributed by atoms with Crippen molar-refractivity contribution in [2.75, 3.05) is 0 Å². The molecule has 98 valence electrons. The average molecular weight is 267 g/mol. The molecule has 0 saturated heterocycles. The van der Waals surface area contributed by atoms with Gasteiger partial charge in [0, 0.05) is 23.2 Å². The van der Waals surface area contributed by atoms with E-state index in [1.807, 2.05) is 0 Å². The topological polar surface area (TPSA) is 50.2 Å². The van der Waals surface area contributed by atoms with Crippen molar-refractivity contribution in [1.29, 1.82) is 0 Å². The van der Waals surface area contributed by atoms with Gasteiger partial charge in [0.25, 0.3) is 0 Å². The molecule has 0 atom stereocenters. The van der Waals surface area contributed by atoms with Crippen LogP contribution >= 0.6 is 0 Å². The predicted octanol–water partition coefficient (Wildman–Crippen LogP) is 3.74. The first-order valence-electron chi connectivity index (χ1n) is 6.03. The number of benzene rings is 2. The highest BCUT2D eigenvalue weighted by molar-refractivity contribution is 5.98. The van der Waals surface area contributed by atoms with Crippen LogP contribution in [-0.2, 0) is 0 Å². The number of pyridine rings is 1. The summed E-state index contributed by atoms with van der Waals surface area (Å²) in [4.78, 5) is 15.0. The zero-order chi connectivity index (χ0) is 14.1. The van der Waals surface area contributed by atoms with Crippen molar-refractivity contribution >= 4 is 16.7 Å². The number of hydrogen-bond acceptors (Lipinski definition) is 2. The number of hydrogen-bond donors (Lipinski definition) is 1. The first-order chi connectivity index (χ1) is 9.66. The second kappa shape index (κ2) is 4.74. The van der Waals surface area contributed by atoms with Crippen LogP contribution in [0.2, 0.25) is 0 Å². The highest BCUT2D eigenvalue weighted by Gasteiger charge is 2.10. The third-order valence-corrected chi connectivity index (χ3v) is 3.19. The molecule has 0 unspecified atom stereocenters. The summed E-state index contributed by atoms with van der Waals surface area (Å²) in [5, 5.41) is 10.2. The lowest BCUT2D eigenvalue weighted by atomic mass is 9.98. The number of nitrogens with zero attached hydrogens (tertiary/aromatic N) is 1. The van der Waals surface area contributed by atoms with Gasteiger partial charge in [-0.05, 0) is 35.4 Å². The van der Waals surface area contributed by atoms with Crippen molar-refractivity contribution in [3.8, 4) is 11.1 Å². The zero-order valence-electron chi connectivity index (χ0n) is 10.4. The van der Waals surface area contributed by atoms with Gasteiger partial charge in [-0.3, -0.25) is 4.98 Å². The monoisotopic (exact) mass is 267 g/mol. The molecule has 3 aromatic rings. The second-order valence-electron chi connectivity index (χ2n) is 4.40. The molecule has 3 nitrogen and oxygen atoms in total. The molecule has 0 saturated carbocycles. The van der Waals surface area contributed by atoms with Crippen molar-refractivity contribution in [1.82, 2.24) is 4.98 Å². The standard InChI is InChI=1S/C16H10FNO2/c17-15-5-4-12(14-9-18-7-6-13(14)15)10-2-1-3-11(8-10)16(19)20/h1-9H,(H,19,20).